The molecule has 0 aliphatic carbocycles. The topological polar surface area (TPSA) is 99.8 Å². The van der Waals surface area contributed by atoms with Gasteiger partial charge in [0.15, 0.2) is 0 Å². The molecule has 0 saturated carbocycles. The van der Waals surface area contributed by atoms with E-state index in [2.05, 4.69) is 16.0 Å². The predicted molar refractivity (Wildman–Crippen MR) is 130 cm³/mol. The minimum atomic E-state index is -0.448. The first-order valence-electron chi connectivity index (χ1n) is 11.7. The van der Waals surface area contributed by atoms with E-state index in [4.69, 9.17) is 4.74 Å². The van der Waals surface area contributed by atoms with Crippen LogP contribution in [0, 0.1) is 0 Å². The molecule has 2 aliphatic heterocycles. The Morgan fingerprint density at radius 1 is 1.06 bits per heavy atom. The van der Waals surface area contributed by atoms with Gasteiger partial charge in [0.1, 0.15) is 12.3 Å². The summed E-state index contributed by atoms with van der Waals surface area (Å²) in [5, 5.41) is 8.38. The SMILES string of the molecule is CNCC(=O)NC1CCOC2CCC(C)N2C1=O.O=CNC(c1ccccc1)c1ccccc1. The second-order valence-electron chi connectivity index (χ2n) is 8.48. The van der Waals surface area contributed by atoms with Gasteiger partial charge >= 0.3 is 0 Å². The lowest BCUT2D eigenvalue weighted by Gasteiger charge is -2.28. The van der Waals surface area contributed by atoms with Crippen molar-refractivity contribution in [3.63, 3.8) is 0 Å². The molecule has 2 aromatic carbocycles. The smallest absolute Gasteiger partial charge is 0.247 e. The summed E-state index contributed by atoms with van der Waals surface area (Å²) in [5.74, 6) is -0.159. The number of nitrogens with one attached hydrogen (secondary N) is 3. The van der Waals surface area contributed by atoms with Gasteiger partial charge < -0.3 is 25.6 Å². The molecule has 3 amide bonds. The molecule has 2 aliphatic rings. The van der Waals surface area contributed by atoms with Gasteiger partial charge in [0.2, 0.25) is 18.2 Å². The summed E-state index contributed by atoms with van der Waals surface area (Å²) in [5.41, 5.74) is 2.17. The van der Waals surface area contributed by atoms with E-state index in [0.29, 0.717) is 13.0 Å². The number of carbonyl (C=O) groups is 3. The highest BCUT2D eigenvalue weighted by molar-refractivity contribution is 5.88. The fourth-order valence-corrected chi connectivity index (χ4v) is 4.38. The minimum absolute atomic E-state index is 0.00745. The Kier molecular flexibility index (Phi) is 9.61. The van der Waals surface area contributed by atoms with Gasteiger partial charge in [-0.3, -0.25) is 14.4 Å². The van der Waals surface area contributed by atoms with E-state index >= 15 is 0 Å². The van der Waals surface area contributed by atoms with Crippen molar-refractivity contribution in [1.29, 1.82) is 0 Å². The standard InChI is InChI=1S/C14H13NO.C12H21N3O3/c16-11-15-14(12-7-3-1-4-8-12)13-9-5-2-6-10-13;1-8-3-4-11-15(8)12(17)9(5-6-18-11)14-10(16)7-13-2/h1-11,14H,(H,15,16);8-9,11,13H,3-7H2,1-2H3,(H,14,16). The molecule has 3 atom stereocenters. The normalized spacial score (nSPS) is 21.7. The third-order valence-electron chi connectivity index (χ3n) is 6.06. The summed E-state index contributed by atoms with van der Waals surface area (Å²) < 4.78 is 5.68. The van der Waals surface area contributed by atoms with E-state index < -0.39 is 6.04 Å². The van der Waals surface area contributed by atoms with Crippen LogP contribution in [0.25, 0.3) is 0 Å². The van der Waals surface area contributed by atoms with Crippen LogP contribution in [0.5, 0.6) is 0 Å². The second-order valence-corrected chi connectivity index (χ2v) is 8.48. The summed E-state index contributed by atoms with van der Waals surface area (Å²) >= 11 is 0. The van der Waals surface area contributed by atoms with Crippen LogP contribution in [0.4, 0.5) is 0 Å². The zero-order valence-corrected chi connectivity index (χ0v) is 19.8. The monoisotopic (exact) mass is 466 g/mol. The molecule has 4 rings (SSSR count). The summed E-state index contributed by atoms with van der Waals surface area (Å²) in [6, 6.07) is 19.5. The Balaban J connectivity index is 0.000000192. The largest absolute Gasteiger partial charge is 0.358 e. The molecule has 2 saturated heterocycles. The fourth-order valence-electron chi connectivity index (χ4n) is 4.38. The molecule has 0 radical (unpaired) electrons. The number of hydrogen-bond acceptors (Lipinski definition) is 5. The lowest BCUT2D eigenvalue weighted by Crippen LogP contribution is -2.51. The average Bonchev–Trinajstić information content (AvgIpc) is 3.15. The molecule has 2 heterocycles. The van der Waals surface area contributed by atoms with Crippen LogP contribution < -0.4 is 16.0 Å². The molecule has 0 bridgehead atoms. The highest BCUT2D eigenvalue weighted by Gasteiger charge is 2.40. The van der Waals surface area contributed by atoms with E-state index in [-0.39, 0.29) is 36.7 Å². The lowest BCUT2D eigenvalue weighted by molar-refractivity contribution is -0.143. The van der Waals surface area contributed by atoms with E-state index in [1.807, 2.05) is 67.6 Å². The van der Waals surface area contributed by atoms with Crippen molar-refractivity contribution in [1.82, 2.24) is 20.9 Å². The quantitative estimate of drug-likeness (QED) is 0.542. The van der Waals surface area contributed by atoms with Crippen molar-refractivity contribution < 1.29 is 19.1 Å². The van der Waals surface area contributed by atoms with Crippen LogP contribution in [-0.4, -0.2) is 61.6 Å². The van der Waals surface area contributed by atoms with Gasteiger partial charge in [-0.1, -0.05) is 60.7 Å². The number of carbonyl (C=O) groups excluding carboxylic acids is 3. The van der Waals surface area contributed by atoms with Gasteiger partial charge in [0, 0.05) is 12.5 Å². The molecule has 8 nitrogen and oxygen atoms in total. The van der Waals surface area contributed by atoms with Crippen molar-refractivity contribution in [2.75, 3.05) is 20.2 Å². The number of hydrogen-bond donors (Lipinski definition) is 3. The number of likely N-dealkylation sites (N-methyl/N-ethyl adjacent to an activating group) is 1. The fraction of sp³-hybridized carbons (Fsp3) is 0.423. The Morgan fingerprint density at radius 2 is 1.68 bits per heavy atom. The van der Waals surface area contributed by atoms with Gasteiger partial charge in [0.05, 0.1) is 19.2 Å². The number of benzene rings is 2. The van der Waals surface area contributed by atoms with Crippen molar-refractivity contribution in [2.45, 2.75) is 50.5 Å². The number of fused-ring (bicyclic) bond motifs is 1. The number of ether oxygens (including phenoxy) is 1. The zero-order valence-electron chi connectivity index (χ0n) is 19.8. The molecule has 2 aromatic rings. The molecule has 34 heavy (non-hydrogen) atoms. The Hall–Kier alpha value is -3.23. The van der Waals surface area contributed by atoms with Crippen LogP contribution in [-0.2, 0) is 19.1 Å². The van der Waals surface area contributed by atoms with Crippen molar-refractivity contribution >= 4 is 18.2 Å². The van der Waals surface area contributed by atoms with E-state index in [1.165, 1.54) is 0 Å². The first-order chi connectivity index (χ1) is 16.5. The summed E-state index contributed by atoms with van der Waals surface area (Å²) in [4.78, 5) is 36.4. The van der Waals surface area contributed by atoms with Crippen LogP contribution in [0.1, 0.15) is 43.4 Å². The van der Waals surface area contributed by atoms with E-state index in [0.717, 1.165) is 30.4 Å². The molecule has 3 unspecified atom stereocenters. The van der Waals surface area contributed by atoms with Crippen LogP contribution in [0.15, 0.2) is 60.7 Å². The summed E-state index contributed by atoms with van der Waals surface area (Å²) in [6.07, 6.45) is 3.05. The summed E-state index contributed by atoms with van der Waals surface area (Å²) in [7, 11) is 1.70. The van der Waals surface area contributed by atoms with Crippen LogP contribution in [0.3, 0.4) is 0 Å². The first-order valence-corrected chi connectivity index (χ1v) is 11.7. The maximum Gasteiger partial charge on any atom is 0.247 e. The van der Waals surface area contributed by atoms with Crippen molar-refractivity contribution in [2.24, 2.45) is 0 Å². The van der Waals surface area contributed by atoms with E-state index in [1.54, 1.807) is 11.9 Å². The average molecular weight is 467 g/mol. The number of rotatable bonds is 7. The molecule has 0 aromatic heterocycles. The Bertz CT molecular complexity index is 885. The first kappa shape index (κ1) is 25.4. The second kappa shape index (κ2) is 12.9. The lowest BCUT2D eigenvalue weighted by atomic mass is 9.99. The third kappa shape index (κ3) is 6.65. The van der Waals surface area contributed by atoms with Crippen LogP contribution >= 0.6 is 0 Å². The number of amides is 3. The van der Waals surface area contributed by atoms with Gasteiger partial charge in [-0.15, -0.1) is 0 Å². The maximum atomic E-state index is 12.4. The molecule has 182 valence electrons. The van der Waals surface area contributed by atoms with Gasteiger partial charge in [-0.25, -0.2) is 0 Å². The summed E-state index contributed by atoms with van der Waals surface area (Å²) in [6.45, 7) is 2.77. The van der Waals surface area contributed by atoms with Crippen LogP contribution in [0.2, 0.25) is 0 Å². The van der Waals surface area contributed by atoms with Crippen molar-refractivity contribution in [3.05, 3.63) is 71.8 Å². The number of nitrogens with zero attached hydrogens (tertiary/aromatic N) is 1. The van der Waals surface area contributed by atoms with Crippen molar-refractivity contribution in [3.8, 4) is 0 Å². The van der Waals surface area contributed by atoms with Gasteiger partial charge in [0.25, 0.3) is 0 Å². The highest BCUT2D eigenvalue weighted by Crippen LogP contribution is 2.28. The highest BCUT2D eigenvalue weighted by atomic mass is 16.5. The molecule has 0 spiro atoms. The Labute approximate surface area is 201 Å². The van der Waals surface area contributed by atoms with E-state index in [9.17, 15) is 14.4 Å². The maximum absolute atomic E-state index is 12.4. The molecular formula is C26H34N4O4. The predicted octanol–water partition coefficient (Wildman–Crippen LogP) is 1.97. The third-order valence-corrected chi connectivity index (χ3v) is 6.06. The molecular weight excluding hydrogens is 432 g/mol. The minimum Gasteiger partial charge on any atom is -0.358 e. The zero-order chi connectivity index (χ0) is 24.3. The molecule has 3 N–H and O–H groups in total. The molecule has 2 fully saturated rings. The Morgan fingerprint density at radius 3 is 2.24 bits per heavy atom. The van der Waals surface area contributed by atoms with Gasteiger partial charge in [-0.05, 0) is 37.9 Å². The van der Waals surface area contributed by atoms with Gasteiger partial charge in [-0.2, -0.15) is 0 Å². The molecule has 8 heteroatoms.